The first-order valence-corrected chi connectivity index (χ1v) is 6.52. The van der Waals surface area contributed by atoms with Crippen LogP contribution in [0.15, 0.2) is 30.5 Å². The molecule has 0 atom stereocenters. The zero-order valence-corrected chi connectivity index (χ0v) is 12.0. The minimum absolute atomic E-state index is 0.384. The van der Waals surface area contributed by atoms with Gasteiger partial charge >= 0.3 is 0 Å². The summed E-state index contributed by atoms with van der Waals surface area (Å²) in [5.41, 5.74) is 3.34. The molecule has 1 aromatic carbocycles. The number of hydrogen-bond donors (Lipinski definition) is 1. The summed E-state index contributed by atoms with van der Waals surface area (Å²) >= 11 is 0. The Morgan fingerprint density at radius 1 is 1.26 bits per heavy atom. The van der Waals surface area contributed by atoms with Crippen LogP contribution < -0.4 is 10.1 Å². The number of nitrogens with one attached hydrogen (secondary N) is 1. The maximum absolute atomic E-state index is 5.15. The number of ether oxygens (including phenoxy) is 1. The summed E-state index contributed by atoms with van der Waals surface area (Å²) in [7, 11) is 1.68. The third kappa shape index (κ3) is 3.28. The van der Waals surface area contributed by atoms with Gasteiger partial charge in [0.1, 0.15) is 5.75 Å². The molecule has 1 N–H and O–H groups in total. The van der Waals surface area contributed by atoms with Gasteiger partial charge in [0.15, 0.2) is 0 Å². The maximum atomic E-state index is 5.15. The van der Waals surface area contributed by atoms with Gasteiger partial charge in [-0.15, -0.1) is 0 Å². The molecule has 0 aliphatic rings. The summed E-state index contributed by atoms with van der Waals surface area (Å²) in [6.45, 7) is 7.06. The fourth-order valence-electron chi connectivity index (χ4n) is 1.86. The fourth-order valence-corrected chi connectivity index (χ4v) is 1.86. The summed E-state index contributed by atoms with van der Waals surface area (Å²) in [6, 6.07) is 8.46. The van der Waals surface area contributed by atoms with Crippen LogP contribution in [-0.4, -0.2) is 16.9 Å². The maximum Gasteiger partial charge on any atom is 0.118 e. The summed E-state index contributed by atoms with van der Waals surface area (Å²) in [5.74, 6) is 0.882. The second-order valence-corrected chi connectivity index (χ2v) is 4.90. The molecule has 2 rings (SSSR count). The summed E-state index contributed by atoms with van der Waals surface area (Å²) in [4.78, 5) is 0. The first-order valence-electron chi connectivity index (χ1n) is 6.52. The second kappa shape index (κ2) is 5.78. The van der Waals surface area contributed by atoms with E-state index in [1.807, 2.05) is 23.7 Å². The highest BCUT2D eigenvalue weighted by Gasteiger charge is 2.06. The highest BCUT2D eigenvalue weighted by Crippen LogP contribution is 2.17. The van der Waals surface area contributed by atoms with Crippen molar-refractivity contribution < 1.29 is 4.74 Å². The van der Waals surface area contributed by atoms with Crippen molar-refractivity contribution in [2.45, 2.75) is 33.4 Å². The Hall–Kier alpha value is -1.97. The summed E-state index contributed by atoms with van der Waals surface area (Å²) in [5, 5.41) is 7.90. The van der Waals surface area contributed by atoms with Gasteiger partial charge < -0.3 is 10.1 Å². The normalized spacial score (nSPS) is 10.8. The van der Waals surface area contributed by atoms with E-state index in [-0.39, 0.29) is 0 Å². The number of nitrogens with zero attached hydrogens (tertiary/aromatic N) is 2. The average molecular weight is 259 g/mol. The molecule has 19 heavy (non-hydrogen) atoms. The van der Waals surface area contributed by atoms with Crippen LogP contribution in [0.3, 0.4) is 0 Å². The predicted molar refractivity (Wildman–Crippen MR) is 77.7 cm³/mol. The minimum Gasteiger partial charge on any atom is -0.497 e. The van der Waals surface area contributed by atoms with Crippen LogP contribution in [0.2, 0.25) is 0 Å². The van der Waals surface area contributed by atoms with E-state index < -0.39 is 0 Å². The van der Waals surface area contributed by atoms with Crippen molar-refractivity contribution in [3.05, 3.63) is 41.7 Å². The predicted octanol–water partition coefficient (Wildman–Crippen LogP) is 3.39. The second-order valence-electron chi connectivity index (χ2n) is 4.90. The quantitative estimate of drug-likeness (QED) is 0.894. The van der Waals surface area contributed by atoms with Crippen LogP contribution in [0.5, 0.6) is 5.75 Å². The van der Waals surface area contributed by atoms with Gasteiger partial charge in [0.25, 0.3) is 0 Å². The monoisotopic (exact) mass is 259 g/mol. The SMILES string of the molecule is COc1ccc(CNc2cn(C(C)C)nc2C)cc1. The van der Waals surface area contributed by atoms with Crippen molar-refractivity contribution in [2.24, 2.45) is 0 Å². The number of rotatable bonds is 5. The molecule has 0 bridgehead atoms. The van der Waals surface area contributed by atoms with Gasteiger partial charge in [-0.2, -0.15) is 5.10 Å². The van der Waals surface area contributed by atoms with Crippen LogP contribution in [0, 0.1) is 6.92 Å². The lowest BCUT2D eigenvalue weighted by molar-refractivity contribution is 0.414. The van der Waals surface area contributed by atoms with E-state index >= 15 is 0 Å². The molecule has 4 nitrogen and oxygen atoms in total. The number of anilines is 1. The highest BCUT2D eigenvalue weighted by atomic mass is 16.5. The molecule has 0 spiro atoms. The van der Waals surface area contributed by atoms with E-state index in [0.717, 1.165) is 23.7 Å². The summed E-state index contributed by atoms with van der Waals surface area (Å²) < 4.78 is 7.12. The lowest BCUT2D eigenvalue weighted by Gasteiger charge is -2.06. The van der Waals surface area contributed by atoms with Crippen LogP contribution in [0.25, 0.3) is 0 Å². The molecule has 1 heterocycles. The third-order valence-electron chi connectivity index (χ3n) is 3.09. The van der Waals surface area contributed by atoms with Crippen molar-refractivity contribution in [3.63, 3.8) is 0 Å². The van der Waals surface area contributed by atoms with Crippen LogP contribution in [0.4, 0.5) is 5.69 Å². The first kappa shape index (κ1) is 13.5. The van der Waals surface area contributed by atoms with Gasteiger partial charge in [-0.1, -0.05) is 12.1 Å². The molecular formula is C15H21N3O. The molecule has 0 radical (unpaired) electrons. The Bertz CT molecular complexity index is 529. The number of aryl methyl sites for hydroxylation is 1. The number of hydrogen-bond acceptors (Lipinski definition) is 3. The Balaban J connectivity index is 2.01. The molecule has 4 heteroatoms. The van der Waals surface area contributed by atoms with E-state index in [4.69, 9.17) is 4.74 Å². The lowest BCUT2D eigenvalue weighted by atomic mass is 10.2. The number of aromatic nitrogens is 2. The van der Waals surface area contributed by atoms with Crippen molar-refractivity contribution in [1.29, 1.82) is 0 Å². The largest absolute Gasteiger partial charge is 0.497 e. The molecule has 1 aromatic heterocycles. The van der Waals surface area contributed by atoms with Gasteiger partial charge in [0.05, 0.1) is 18.5 Å². The van der Waals surface area contributed by atoms with Crippen LogP contribution >= 0.6 is 0 Å². The fraction of sp³-hybridized carbons (Fsp3) is 0.400. The lowest BCUT2D eigenvalue weighted by Crippen LogP contribution is -2.01. The molecule has 0 unspecified atom stereocenters. The number of benzene rings is 1. The smallest absolute Gasteiger partial charge is 0.118 e. The first-order chi connectivity index (χ1) is 9.10. The molecule has 0 fully saturated rings. The van der Waals surface area contributed by atoms with E-state index in [1.165, 1.54) is 5.56 Å². The third-order valence-corrected chi connectivity index (χ3v) is 3.09. The molecule has 0 amide bonds. The Labute approximate surface area is 114 Å². The van der Waals surface area contributed by atoms with E-state index in [0.29, 0.717) is 6.04 Å². The Morgan fingerprint density at radius 3 is 2.47 bits per heavy atom. The molecule has 102 valence electrons. The molecule has 0 aliphatic carbocycles. The zero-order valence-electron chi connectivity index (χ0n) is 12.0. The average Bonchev–Trinajstić information content (AvgIpc) is 2.79. The van der Waals surface area contributed by atoms with Gasteiger partial charge in [0.2, 0.25) is 0 Å². The zero-order chi connectivity index (χ0) is 13.8. The molecule has 0 aliphatic heterocycles. The van der Waals surface area contributed by atoms with Crippen LogP contribution in [-0.2, 0) is 6.54 Å². The highest BCUT2D eigenvalue weighted by molar-refractivity contribution is 5.46. The topological polar surface area (TPSA) is 39.1 Å². The Morgan fingerprint density at radius 2 is 1.95 bits per heavy atom. The molecule has 0 saturated carbocycles. The van der Waals surface area contributed by atoms with Crippen LogP contribution in [0.1, 0.15) is 31.1 Å². The van der Waals surface area contributed by atoms with Crippen molar-refractivity contribution >= 4 is 5.69 Å². The van der Waals surface area contributed by atoms with Gasteiger partial charge in [-0.3, -0.25) is 4.68 Å². The van der Waals surface area contributed by atoms with Gasteiger partial charge in [-0.05, 0) is 38.5 Å². The van der Waals surface area contributed by atoms with Gasteiger partial charge in [-0.25, -0.2) is 0 Å². The van der Waals surface area contributed by atoms with E-state index in [2.05, 4.69) is 42.6 Å². The molecular weight excluding hydrogens is 238 g/mol. The van der Waals surface area contributed by atoms with Gasteiger partial charge in [0, 0.05) is 18.8 Å². The van der Waals surface area contributed by atoms with Crippen molar-refractivity contribution in [3.8, 4) is 5.75 Å². The van der Waals surface area contributed by atoms with Crippen molar-refractivity contribution in [1.82, 2.24) is 9.78 Å². The summed E-state index contributed by atoms with van der Waals surface area (Å²) in [6.07, 6.45) is 2.06. The van der Waals surface area contributed by atoms with E-state index in [9.17, 15) is 0 Å². The number of methoxy groups -OCH3 is 1. The van der Waals surface area contributed by atoms with Crippen molar-refractivity contribution in [2.75, 3.05) is 12.4 Å². The Kier molecular flexibility index (Phi) is 4.10. The standard InChI is InChI=1S/C15H21N3O/c1-11(2)18-10-15(12(3)17-18)16-9-13-5-7-14(19-4)8-6-13/h5-8,10-11,16H,9H2,1-4H3. The molecule has 0 saturated heterocycles. The minimum atomic E-state index is 0.384. The molecule has 2 aromatic rings. The van der Waals surface area contributed by atoms with E-state index in [1.54, 1.807) is 7.11 Å².